The Bertz CT molecular complexity index is 627. The van der Waals surface area contributed by atoms with Gasteiger partial charge in [0.2, 0.25) is 5.91 Å². The highest BCUT2D eigenvalue weighted by molar-refractivity contribution is 9.10. The van der Waals surface area contributed by atoms with Crippen molar-refractivity contribution in [3.05, 3.63) is 64.1 Å². The molecule has 1 N–H and O–H groups in total. The molecule has 2 rings (SSSR count). The van der Waals surface area contributed by atoms with Crippen molar-refractivity contribution in [1.82, 2.24) is 0 Å². The largest absolute Gasteiger partial charge is 0.326 e. The minimum absolute atomic E-state index is 0.0552. The molecular formula is C16H13BrN2O. The molecule has 0 aliphatic heterocycles. The van der Waals surface area contributed by atoms with Gasteiger partial charge in [-0.15, -0.1) is 0 Å². The number of anilines is 1. The summed E-state index contributed by atoms with van der Waals surface area (Å²) in [5.74, 6) is -0.0552. The molecule has 1 amide bonds. The Kier molecular flexibility index (Phi) is 4.91. The van der Waals surface area contributed by atoms with Crippen LogP contribution in [-0.2, 0) is 17.6 Å². The zero-order valence-electron chi connectivity index (χ0n) is 10.8. The molecule has 4 heteroatoms. The number of nitriles is 1. The summed E-state index contributed by atoms with van der Waals surface area (Å²) in [5.41, 5.74) is 2.65. The zero-order chi connectivity index (χ0) is 14.4. The maximum Gasteiger partial charge on any atom is 0.228 e. The molecule has 0 aliphatic carbocycles. The van der Waals surface area contributed by atoms with Gasteiger partial charge in [-0.25, -0.2) is 0 Å². The summed E-state index contributed by atoms with van der Waals surface area (Å²) < 4.78 is 0.995. The Morgan fingerprint density at radius 1 is 1.05 bits per heavy atom. The highest BCUT2D eigenvalue weighted by Gasteiger charge is 2.04. The Balaban J connectivity index is 1.94. The monoisotopic (exact) mass is 328 g/mol. The van der Waals surface area contributed by atoms with Crippen molar-refractivity contribution < 1.29 is 4.79 Å². The van der Waals surface area contributed by atoms with Gasteiger partial charge < -0.3 is 5.32 Å². The van der Waals surface area contributed by atoms with Crippen LogP contribution in [0.3, 0.4) is 0 Å². The first-order valence-corrected chi connectivity index (χ1v) is 6.97. The average Bonchev–Trinajstić information content (AvgIpc) is 2.44. The Labute approximate surface area is 126 Å². The Morgan fingerprint density at radius 3 is 2.25 bits per heavy atom. The molecule has 0 spiro atoms. The molecule has 0 bridgehead atoms. The van der Waals surface area contributed by atoms with Crippen molar-refractivity contribution >= 4 is 27.5 Å². The van der Waals surface area contributed by atoms with E-state index < -0.39 is 0 Å². The topological polar surface area (TPSA) is 52.9 Å². The number of carbonyl (C=O) groups excluding carboxylic acids is 1. The molecule has 0 saturated heterocycles. The fourth-order valence-electron chi connectivity index (χ4n) is 1.79. The lowest BCUT2D eigenvalue weighted by Crippen LogP contribution is -2.14. The first kappa shape index (κ1) is 14.3. The fraction of sp³-hybridized carbons (Fsp3) is 0.125. The second kappa shape index (κ2) is 6.88. The normalized spacial score (nSPS) is 9.80. The molecule has 100 valence electrons. The Morgan fingerprint density at radius 2 is 1.65 bits per heavy atom. The van der Waals surface area contributed by atoms with E-state index in [4.69, 9.17) is 5.26 Å². The second-order valence-electron chi connectivity index (χ2n) is 4.38. The smallest absolute Gasteiger partial charge is 0.228 e. The molecule has 0 heterocycles. The summed E-state index contributed by atoms with van der Waals surface area (Å²) in [7, 11) is 0. The minimum atomic E-state index is -0.0552. The first-order chi connectivity index (χ1) is 9.67. The van der Waals surface area contributed by atoms with Gasteiger partial charge in [-0.2, -0.15) is 5.26 Å². The molecule has 2 aromatic rings. The van der Waals surface area contributed by atoms with Gasteiger partial charge in [0.05, 0.1) is 18.9 Å². The molecule has 20 heavy (non-hydrogen) atoms. The highest BCUT2D eigenvalue weighted by Crippen LogP contribution is 2.13. The van der Waals surface area contributed by atoms with Crippen molar-refractivity contribution in [2.75, 3.05) is 5.32 Å². The van der Waals surface area contributed by atoms with E-state index in [-0.39, 0.29) is 5.91 Å². The quantitative estimate of drug-likeness (QED) is 0.930. The summed E-state index contributed by atoms with van der Waals surface area (Å²) in [6, 6.07) is 17.1. The maximum absolute atomic E-state index is 11.9. The lowest BCUT2D eigenvalue weighted by atomic mass is 10.1. The highest BCUT2D eigenvalue weighted by atomic mass is 79.9. The van der Waals surface area contributed by atoms with Gasteiger partial charge in [-0.05, 0) is 35.4 Å². The van der Waals surface area contributed by atoms with Crippen LogP contribution in [0.15, 0.2) is 53.0 Å². The van der Waals surface area contributed by atoms with Gasteiger partial charge in [0.25, 0.3) is 0 Å². The van der Waals surface area contributed by atoms with Crippen molar-refractivity contribution in [2.45, 2.75) is 12.8 Å². The third-order valence-corrected chi connectivity index (χ3v) is 3.33. The van der Waals surface area contributed by atoms with Crippen LogP contribution in [0, 0.1) is 11.3 Å². The molecule has 0 saturated carbocycles. The van der Waals surface area contributed by atoms with E-state index in [9.17, 15) is 4.79 Å². The van der Waals surface area contributed by atoms with Crippen LogP contribution in [0.5, 0.6) is 0 Å². The van der Waals surface area contributed by atoms with Gasteiger partial charge in [-0.3, -0.25) is 4.79 Å². The van der Waals surface area contributed by atoms with Gasteiger partial charge in [-0.1, -0.05) is 40.2 Å². The van der Waals surface area contributed by atoms with Gasteiger partial charge >= 0.3 is 0 Å². The fourth-order valence-corrected chi connectivity index (χ4v) is 2.05. The summed E-state index contributed by atoms with van der Waals surface area (Å²) in [6.45, 7) is 0. The average molecular weight is 329 g/mol. The lowest BCUT2D eigenvalue weighted by molar-refractivity contribution is -0.115. The predicted octanol–water partition coefficient (Wildman–Crippen LogP) is 3.70. The van der Waals surface area contributed by atoms with Crippen LogP contribution in [0.1, 0.15) is 11.1 Å². The number of amides is 1. The maximum atomic E-state index is 11.9. The second-order valence-corrected chi connectivity index (χ2v) is 5.30. The number of benzene rings is 2. The van der Waals surface area contributed by atoms with Crippen molar-refractivity contribution in [3.8, 4) is 6.07 Å². The van der Waals surface area contributed by atoms with E-state index in [0.29, 0.717) is 12.8 Å². The van der Waals surface area contributed by atoms with Crippen molar-refractivity contribution in [1.29, 1.82) is 5.26 Å². The SMILES string of the molecule is N#CCc1ccc(NC(=O)Cc2ccc(Br)cc2)cc1. The van der Waals surface area contributed by atoms with Crippen LogP contribution in [0.2, 0.25) is 0 Å². The zero-order valence-corrected chi connectivity index (χ0v) is 12.4. The summed E-state index contributed by atoms with van der Waals surface area (Å²) in [5, 5.41) is 11.4. The molecule has 0 aliphatic rings. The van der Waals surface area contributed by atoms with Crippen LogP contribution in [-0.4, -0.2) is 5.91 Å². The van der Waals surface area contributed by atoms with E-state index in [0.717, 1.165) is 21.3 Å². The summed E-state index contributed by atoms with van der Waals surface area (Å²) >= 11 is 3.36. The number of hydrogen-bond acceptors (Lipinski definition) is 2. The molecule has 3 nitrogen and oxygen atoms in total. The molecule has 0 radical (unpaired) electrons. The van der Waals surface area contributed by atoms with E-state index in [1.165, 1.54) is 0 Å². The first-order valence-electron chi connectivity index (χ1n) is 6.17. The number of nitrogens with one attached hydrogen (secondary N) is 1. The van der Waals surface area contributed by atoms with Crippen LogP contribution >= 0.6 is 15.9 Å². The summed E-state index contributed by atoms with van der Waals surface area (Å²) in [6.07, 6.45) is 0.723. The van der Waals surface area contributed by atoms with Crippen molar-refractivity contribution in [3.63, 3.8) is 0 Å². The van der Waals surface area contributed by atoms with Crippen molar-refractivity contribution in [2.24, 2.45) is 0 Å². The Hall–Kier alpha value is -2.12. The standard InChI is InChI=1S/C16H13BrN2O/c17-14-5-1-13(2-6-14)11-16(20)19-15-7-3-12(4-8-15)9-10-18/h1-8H,9,11H2,(H,19,20). The van der Waals surface area contributed by atoms with E-state index >= 15 is 0 Å². The van der Waals surface area contributed by atoms with Crippen LogP contribution < -0.4 is 5.32 Å². The van der Waals surface area contributed by atoms with Crippen LogP contribution in [0.4, 0.5) is 5.69 Å². The molecule has 0 unspecified atom stereocenters. The van der Waals surface area contributed by atoms with Gasteiger partial charge in [0, 0.05) is 10.2 Å². The minimum Gasteiger partial charge on any atom is -0.326 e. The number of carbonyl (C=O) groups is 1. The number of rotatable bonds is 4. The predicted molar refractivity (Wildman–Crippen MR) is 82.2 cm³/mol. The number of nitrogens with zero attached hydrogens (tertiary/aromatic N) is 1. The third kappa shape index (κ3) is 4.22. The molecule has 0 fully saturated rings. The van der Waals surface area contributed by atoms with E-state index in [1.807, 2.05) is 48.5 Å². The number of hydrogen-bond donors (Lipinski definition) is 1. The molecule has 0 aromatic heterocycles. The molecule has 2 aromatic carbocycles. The number of halogens is 1. The van der Waals surface area contributed by atoms with E-state index in [1.54, 1.807) is 0 Å². The van der Waals surface area contributed by atoms with Crippen LogP contribution in [0.25, 0.3) is 0 Å². The molecule has 0 atom stereocenters. The lowest BCUT2D eigenvalue weighted by Gasteiger charge is -2.06. The summed E-state index contributed by atoms with van der Waals surface area (Å²) in [4.78, 5) is 11.9. The van der Waals surface area contributed by atoms with E-state index in [2.05, 4.69) is 27.3 Å². The van der Waals surface area contributed by atoms with Gasteiger partial charge in [0.15, 0.2) is 0 Å². The molecular weight excluding hydrogens is 316 g/mol. The third-order valence-electron chi connectivity index (χ3n) is 2.80. The van der Waals surface area contributed by atoms with Gasteiger partial charge in [0.1, 0.15) is 0 Å².